The average molecular weight is 260 g/mol. The molecule has 0 bridgehead atoms. The molecule has 90 valence electrons. The van der Waals surface area contributed by atoms with Gasteiger partial charge in [-0.05, 0) is 18.4 Å². The van der Waals surface area contributed by atoms with Crippen LogP contribution in [0.1, 0.15) is 12.1 Å². The normalized spacial score (nSPS) is 10.1. The van der Waals surface area contributed by atoms with E-state index in [-0.39, 0.29) is 12.4 Å². The predicted molar refractivity (Wildman–Crippen MR) is 69.3 cm³/mol. The van der Waals surface area contributed by atoms with Gasteiger partial charge in [0.1, 0.15) is 0 Å². The Morgan fingerprint density at radius 3 is 3.19 bits per heavy atom. The van der Waals surface area contributed by atoms with Gasteiger partial charge in [-0.15, -0.1) is 11.3 Å². The maximum Gasteiger partial charge on any atom is 0.311 e. The Balaban J connectivity index is 2.30. The van der Waals surface area contributed by atoms with Crippen molar-refractivity contribution >= 4 is 34.2 Å². The molecule has 0 amide bonds. The van der Waals surface area contributed by atoms with E-state index < -0.39 is 0 Å². The highest BCUT2D eigenvalue weighted by Gasteiger charge is 2.06. The van der Waals surface area contributed by atoms with Gasteiger partial charge in [-0.1, -0.05) is 0 Å². The Labute approximate surface area is 104 Å². The third kappa shape index (κ3) is 4.85. The van der Waals surface area contributed by atoms with Crippen molar-refractivity contribution in [2.45, 2.75) is 12.8 Å². The van der Waals surface area contributed by atoms with E-state index in [1.54, 1.807) is 0 Å². The summed E-state index contributed by atoms with van der Waals surface area (Å²) in [7, 11) is 1.39. The highest BCUT2D eigenvalue weighted by Crippen LogP contribution is 2.16. The largest absolute Gasteiger partial charge is 0.469 e. The summed E-state index contributed by atoms with van der Waals surface area (Å²) in [5.74, 6) is 0.896. The van der Waals surface area contributed by atoms with Gasteiger partial charge in [0.15, 0.2) is 5.13 Å². The van der Waals surface area contributed by atoms with Crippen LogP contribution in [-0.2, 0) is 16.0 Å². The van der Waals surface area contributed by atoms with Crippen LogP contribution >= 0.6 is 23.1 Å². The SMILES string of the molecule is COC(=O)Cc1csc(NCCCSC)n1. The molecule has 4 nitrogen and oxygen atoms in total. The number of nitrogens with one attached hydrogen (secondary N) is 1. The number of thiazole rings is 1. The Morgan fingerprint density at radius 2 is 2.50 bits per heavy atom. The van der Waals surface area contributed by atoms with Crippen LogP contribution in [0.4, 0.5) is 5.13 Å². The number of esters is 1. The fraction of sp³-hybridized carbons (Fsp3) is 0.600. The minimum Gasteiger partial charge on any atom is -0.469 e. The van der Waals surface area contributed by atoms with Gasteiger partial charge in [0.25, 0.3) is 0 Å². The zero-order valence-electron chi connectivity index (χ0n) is 9.49. The minimum atomic E-state index is -0.251. The number of aromatic nitrogens is 1. The van der Waals surface area contributed by atoms with E-state index in [4.69, 9.17) is 0 Å². The molecule has 16 heavy (non-hydrogen) atoms. The Kier molecular flexibility index (Phi) is 6.25. The fourth-order valence-electron chi connectivity index (χ4n) is 1.10. The van der Waals surface area contributed by atoms with Crippen molar-refractivity contribution in [2.24, 2.45) is 0 Å². The van der Waals surface area contributed by atoms with Gasteiger partial charge in [-0.3, -0.25) is 4.79 Å². The molecule has 1 N–H and O–H groups in total. The van der Waals surface area contributed by atoms with E-state index in [1.165, 1.54) is 18.4 Å². The van der Waals surface area contributed by atoms with E-state index in [9.17, 15) is 4.79 Å². The third-order valence-corrected chi connectivity index (χ3v) is 3.45. The zero-order valence-corrected chi connectivity index (χ0v) is 11.1. The molecule has 1 rings (SSSR count). The number of thioether (sulfide) groups is 1. The predicted octanol–water partition coefficient (Wildman–Crippen LogP) is 2.02. The summed E-state index contributed by atoms with van der Waals surface area (Å²) in [4.78, 5) is 15.3. The van der Waals surface area contributed by atoms with E-state index in [0.29, 0.717) is 0 Å². The third-order valence-electron chi connectivity index (χ3n) is 1.91. The molecule has 0 unspecified atom stereocenters. The molecule has 0 spiro atoms. The highest BCUT2D eigenvalue weighted by molar-refractivity contribution is 7.98. The second-order valence-corrected chi connectivity index (χ2v) is 5.01. The molecular weight excluding hydrogens is 244 g/mol. The van der Waals surface area contributed by atoms with Gasteiger partial charge >= 0.3 is 5.97 Å². The first-order valence-electron chi connectivity index (χ1n) is 5.00. The number of methoxy groups -OCH3 is 1. The number of carbonyl (C=O) groups excluding carboxylic acids is 1. The summed E-state index contributed by atoms with van der Waals surface area (Å²) in [5.41, 5.74) is 0.768. The molecule has 0 saturated heterocycles. The van der Waals surface area contributed by atoms with Crippen LogP contribution in [-0.4, -0.2) is 36.6 Å². The number of anilines is 1. The van der Waals surface area contributed by atoms with Gasteiger partial charge in [0, 0.05) is 11.9 Å². The van der Waals surface area contributed by atoms with E-state index in [2.05, 4.69) is 21.3 Å². The Bertz CT molecular complexity index is 328. The van der Waals surface area contributed by atoms with Crippen LogP contribution in [0.25, 0.3) is 0 Å². The molecule has 0 aromatic carbocycles. The van der Waals surface area contributed by atoms with Gasteiger partial charge in [-0.25, -0.2) is 4.98 Å². The number of ether oxygens (including phenoxy) is 1. The lowest BCUT2D eigenvalue weighted by Gasteiger charge is -2.00. The molecule has 0 radical (unpaired) electrons. The van der Waals surface area contributed by atoms with E-state index >= 15 is 0 Å². The second-order valence-electron chi connectivity index (χ2n) is 3.17. The van der Waals surface area contributed by atoms with Crippen molar-refractivity contribution in [2.75, 3.05) is 31.0 Å². The molecule has 0 fully saturated rings. The van der Waals surface area contributed by atoms with Crippen molar-refractivity contribution in [3.05, 3.63) is 11.1 Å². The van der Waals surface area contributed by atoms with Crippen molar-refractivity contribution in [3.8, 4) is 0 Å². The van der Waals surface area contributed by atoms with Gasteiger partial charge < -0.3 is 10.1 Å². The first-order valence-corrected chi connectivity index (χ1v) is 7.27. The maximum absolute atomic E-state index is 11.0. The molecule has 0 aliphatic rings. The smallest absolute Gasteiger partial charge is 0.311 e. The maximum atomic E-state index is 11.0. The lowest BCUT2D eigenvalue weighted by Crippen LogP contribution is -2.05. The van der Waals surface area contributed by atoms with Crippen LogP contribution in [0, 0.1) is 0 Å². The van der Waals surface area contributed by atoms with Gasteiger partial charge in [0.05, 0.1) is 19.2 Å². The molecule has 0 atom stereocenters. The molecular formula is C10H16N2O2S2. The minimum absolute atomic E-state index is 0.249. The highest BCUT2D eigenvalue weighted by atomic mass is 32.2. The molecule has 0 aliphatic heterocycles. The Morgan fingerprint density at radius 1 is 1.69 bits per heavy atom. The van der Waals surface area contributed by atoms with Gasteiger partial charge in [-0.2, -0.15) is 11.8 Å². The second kappa shape index (κ2) is 7.51. The summed E-state index contributed by atoms with van der Waals surface area (Å²) in [5, 5.41) is 5.99. The van der Waals surface area contributed by atoms with E-state index in [0.717, 1.165) is 29.5 Å². The number of hydrogen-bond acceptors (Lipinski definition) is 6. The quantitative estimate of drug-likeness (QED) is 0.600. The van der Waals surface area contributed by atoms with Gasteiger partial charge in [0.2, 0.25) is 0 Å². The number of rotatable bonds is 7. The lowest BCUT2D eigenvalue weighted by atomic mass is 10.3. The first kappa shape index (κ1) is 13.3. The number of carbonyl (C=O) groups is 1. The molecule has 1 heterocycles. The first-order chi connectivity index (χ1) is 7.76. The fourth-order valence-corrected chi connectivity index (χ4v) is 2.27. The Hall–Kier alpha value is -0.750. The van der Waals surface area contributed by atoms with Crippen molar-refractivity contribution in [1.82, 2.24) is 4.98 Å². The lowest BCUT2D eigenvalue weighted by molar-refractivity contribution is -0.139. The summed E-state index contributed by atoms with van der Waals surface area (Å²) in [6, 6.07) is 0. The van der Waals surface area contributed by atoms with Crippen LogP contribution in [0.3, 0.4) is 0 Å². The molecule has 0 saturated carbocycles. The average Bonchev–Trinajstić information content (AvgIpc) is 2.72. The monoisotopic (exact) mass is 260 g/mol. The molecule has 1 aromatic heterocycles. The van der Waals surface area contributed by atoms with Crippen LogP contribution in [0.2, 0.25) is 0 Å². The number of nitrogens with zero attached hydrogens (tertiary/aromatic N) is 1. The van der Waals surface area contributed by atoms with Crippen LogP contribution in [0.15, 0.2) is 5.38 Å². The molecule has 0 aliphatic carbocycles. The molecule has 1 aromatic rings. The summed E-state index contributed by atoms with van der Waals surface area (Å²) in [6.07, 6.45) is 3.46. The van der Waals surface area contributed by atoms with Crippen molar-refractivity contribution in [1.29, 1.82) is 0 Å². The number of hydrogen-bond donors (Lipinski definition) is 1. The standard InChI is InChI=1S/C10H16N2O2S2/c1-14-9(13)6-8-7-16-10(12-8)11-4-3-5-15-2/h7H,3-6H2,1-2H3,(H,11,12). The summed E-state index contributed by atoms with van der Waals surface area (Å²) < 4.78 is 4.58. The molecule has 6 heteroatoms. The van der Waals surface area contributed by atoms with Crippen LogP contribution in [0.5, 0.6) is 0 Å². The van der Waals surface area contributed by atoms with Crippen molar-refractivity contribution in [3.63, 3.8) is 0 Å². The summed E-state index contributed by atoms with van der Waals surface area (Å²) in [6.45, 7) is 0.923. The van der Waals surface area contributed by atoms with Crippen LogP contribution < -0.4 is 5.32 Å². The zero-order chi connectivity index (χ0) is 11.8. The van der Waals surface area contributed by atoms with E-state index in [1.807, 2.05) is 17.1 Å². The van der Waals surface area contributed by atoms with Crippen molar-refractivity contribution < 1.29 is 9.53 Å². The topological polar surface area (TPSA) is 51.2 Å². The summed E-state index contributed by atoms with van der Waals surface area (Å²) >= 11 is 3.36.